The highest BCUT2D eigenvalue weighted by Gasteiger charge is 2.41. The number of hydrogen-bond acceptors (Lipinski definition) is 2. The molecule has 3 rings (SSSR count). The Balaban J connectivity index is 1.62. The third-order valence-electron chi connectivity index (χ3n) is 4.58. The summed E-state index contributed by atoms with van der Waals surface area (Å²) in [6, 6.07) is 5.38. The number of rotatable bonds is 2. The number of aliphatic hydroxyl groups is 1. The lowest BCUT2D eigenvalue weighted by atomic mass is 10.00. The van der Waals surface area contributed by atoms with Gasteiger partial charge in [0, 0.05) is 25.6 Å². The lowest BCUT2D eigenvalue weighted by Crippen LogP contribution is -2.24. The molecule has 110 valence electrons. The fourth-order valence-electron chi connectivity index (χ4n) is 3.52. The first-order chi connectivity index (χ1) is 9.43. The predicted molar refractivity (Wildman–Crippen MR) is 68.9 cm³/mol. The maximum atomic E-state index is 12.5. The van der Waals surface area contributed by atoms with Crippen LogP contribution in [0, 0.1) is 11.8 Å². The zero-order chi connectivity index (χ0) is 14.3. The smallest absolute Gasteiger partial charge is 0.393 e. The van der Waals surface area contributed by atoms with E-state index in [4.69, 9.17) is 0 Å². The summed E-state index contributed by atoms with van der Waals surface area (Å²) in [5.41, 5.74) is 0.294. The molecule has 3 atom stereocenters. The second-order valence-corrected chi connectivity index (χ2v) is 5.96. The fraction of sp³-hybridized carbons (Fsp3) is 0.600. The van der Waals surface area contributed by atoms with Crippen LogP contribution in [0.15, 0.2) is 24.3 Å². The molecule has 1 saturated heterocycles. The maximum absolute atomic E-state index is 12.5. The van der Waals surface area contributed by atoms with Gasteiger partial charge in [-0.3, -0.25) is 4.90 Å². The highest BCUT2D eigenvalue weighted by Crippen LogP contribution is 2.38. The van der Waals surface area contributed by atoms with E-state index in [-0.39, 0.29) is 6.10 Å². The molecule has 1 aromatic carbocycles. The van der Waals surface area contributed by atoms with Gasteiger partial charge in [-0.1, -0.05) is 12.1 Å². The van der Waals surface area contributed by atoms with Crippen LogP contribution in [0.4, 0.5) is 13.2 Å². The number of alkyl halides is 3. The third kappa shape index (κ3) is 2.69. The van der Waals surface area contributed by atoms with Crippen LogP contribution in [0.2, 0.25) is 0 Å². The molecule has 3 unspecified atom stereocenters. The normalized spacial score (nSPS) is 30.7. The van der Waals surface area contributed by atoms with Crippen LogP contribution in [-0.2, 0) is 12.7 Å². The molecule has 5 heteroatoms. The summed E-state index contributed by atoms with van der Waals surface area (Å²) in [7, 11) is 0. The summed E-state index contributed by atoms with van der Waals surface area (Å²) in [6.07, 6.45) is -2.51. The minimum Gasteiger partial charge on any atom is -0.393 e. The first kappa shape index (κ1) is 13.9. The van der Waals surface area contributed by atoms with Crippen LogP contribution in [0.3, 0.4) is 0 Å². The van der Waals surface area contributed by atoms with Crippen molar-refractivity contribution < 1.29 is 18.3 Å². The molecule has 0 amide bonds. The average molecular weight is 285 g/mol. The molecule has 1 aromatic rings. The topological polar surface area (TPSA) is 23.5 Å². The first-order valence-corrected chi connectivity index (χ1v) is 7.00. The molecular formula is C15H18F3NO. The number of halogens is 3. The molecule has 0 spiro atoms. The summed E-state index contributed by atoms with van der Waals surface area (Å²) in [4.78, 5) is 2.24. The van der Waals surface area contributed by atoms with Crippen LogP contribution in [-0.4, -0.2) is 29.2 Å². The standard InChI is InChI=1S/C15H18F3NO/c16-15(17,18)12-4-1-10(2-5-12)7-19-8-11-3-6-14(20)13(11)9-19/h1-2,4-5,11,13-14,20H,3,6-9H2. The van der Waals surface area contributed by atoms with E-state index in [2.05, 4.69) is 4.90 Å². The zero-order valence-electron chi connectivity index (χ0n) is 11.1. The van der Waals surface area contributed by atoms with Crippen molar-refractivity contribution in [1.29, 1.82) is 0 Å². The van der Waals surface area contributed by atoms with Gasteiger partial charge in [-0.15, -0.1) is 0 Å². The van der Waals surface area contributed by atoms with E-state index in [0.717, 1.165) is 43.6 Å². The van der Waals surface area contributed by atoms with Crippen molar-refractivity contribution in [1.82, 2.24) is 4.90 Å². The van der Waals surface area contributed by atoms with Crippen molar-refractivity contribution >= 4 is 0 Å². The SMILES string of the molecule is OC1CCC2CN(Cc3ccc(C(F)(F)F)cc3)CC12. The van der Waals surface area contributed by atoms with Gasteiger partial charge in [-0.2, -0.15) is 13.2 Å². The van der Waals surface area contributed by atoms with Crippen molar-refractivity contribution in [3.63, 3.8) is 0 Å². The van der Waals surface area contributed by atoms with E-state index < -0.39 is 11.7 Å². The van der Waals surface area contributed by atoms with Crippen molar-refractivity contribution in [3.05, 3.63) is 35.4 Å². The summed E-state index contributed by atoms with van der Waals surface area (Å²) >= 11 is 0. The van der Waals surface area contributed by atoms with E-state index in [1.807, 2.05) is 0 Å². The van der Waals surface area contributed by atoms with Gasteiger partial charge in [0.25, 0.3) is 0 Å². The van der Waals surface area contributed by atoms with Crippen molar-refractivity contribution in [3.8, 4) is 0 Å². The van der Waals surface area contributed by atoms with Crippen molar-refractivity contribution in [2.75, 3.05) is 13.1 Å². The van der Waals surface area contributed by atoms with E-state index in [0.29, 0.717) is 18.4 Å². The zero-order valence-corrected chi connectivity index (χ0v) is 11.1. The number of hydrogen-bond donors (Lipinski definition) is 1. The Kier molecular flexibility index (Phi) is 3.50. The van der Waals surface area contributed by atoms with Crippen LogP contribution in [0.25, 0.3) is 0 Å². The van der Waals surface area contributed by atoms with Crippen molar-refractivity contribution in [2.45, 2.75) is 31.7 Å². The monoisotopic (exact) mass is 285 g/mol. The van der Waals surface area contributed by atoms with E-state index >= 15 is 0 Å². The Hall–Kier alpha value is -1.07. The Labute approximate surface area is 116 Å². The molecule has 2 fully saturated rings. The second-order valence-electron chi connectivity index (χ2n) is 5.96. The van der Waals surface area contributed by atoms with Gasteiger partial charge in [-0.05, 0) is 36.5 Å². The number of benzene rings is 1. The summed E-state index contributed by atoms with van der Waals surface area (Å²) in [6.45, 7) is 2.47. The van der Waals surface area contributed by atoms with E-state index in [9.17, 15) is 18.3 Å². The van der Waals surface area contributed by atoms with Gasteiger partial charge in [0.05, 0.1) is 11.7 Å². The minimum absolute atomic E-state index is 0.197. The molecule has 0 radical (unpaired) electrons. The molecule has 1 saturated carbocycles. The molecular weight excluding hydrogens is 267 g/mol. The van der Waals surface area contributed by atoms with Crippen LogP contribution in [0.5, 0.6) is 0 Å². The van der Waals surface area contributed by atoms with Gasteiger partial charge in [0.1, 0.15) is 0 Å². The van der Waals surface area contributed by atoms with E-state index in [1.54, 1.807) is 12.1 Å². The van der Waals surface area contributed by atoms with Gasteiger partial charge in [-0.25, -0.2) is 0 Å². The highest BCUT2D eigenvalue weighted by molar-refractivity contribution is 5.24. The second kappa shape index (κ2) is 5.04. The van der Waals surface area contributed by atoms with E-state index in [1.165, 1.54) is 0 Å². The molecule has 0 aromatic heterocycles. The quantitative estimate of drug-likeness (QED) is 0.903. The summed E-state index contributed by atoms with van der Waals surface area (Å²) in [5.74, 6) is 0.906. The van der Waals surface area contributed by atoms with Crippen molar-refractivity contribution in [2.24, 2.45) is 11.8 Å². The number of fused-ring (bicyclic) bond motifs is 1. The Morgan fingerprint density at radius 1 is 1.10 bits per heavy atom. The molecule has 2 aliphatic rings. The summed E-state index contributed by atoms with van der Waals surface area (Å²) in [5, 5.41) is 9.86. The number of likely N-dealkylation sites (tertiary alicyclic amines) is 1. The molecule has 1 aliphatic carbocycles. The van der Waals surface area contributed by atoms with Crippen LogP contribution < -0.4 is 0 Å². The van der Waals surface area contributed by atoms with Gasteiger partial charge < -0.3 is 5.11 Å². The van der Waals surface area contributed by atoms with Crippen LogP contribution in [0.1, 0.15) is 24.0 Å². The molecule has 1 aliphatic heterocycles. The Morgan fingerprint density at radius 2 is 1.80 bits per heavy atom. The Bertz CT molecular complexity index is 471. The predicted octanol–water partition coefficient (Wildman–Crippen LogP) is 2.91. The lowest BCUT2D eigenvalue weighted by molar-refractivity contribution is -0.137. The van der Waals surface area contributed by atoms with Gasteiger partial charge in [0.15, 0.2) is 0 Å². The summed E-state index contributed by atoms with van der Waals surface area (Å²) < 4.78 is 37.5. The van der Waals surface area contributed by atoms with Gasteiger partial charge in [0.2, 0.25) is 0 Å². The van der Waals surface area contributed by atoms with Crippen LogP contribution >= 0.6 is 0 Å². The molecule has 20 heavy (non-hydrogen) atoms. The minimum atomic E-state index is -4.27. The highest BCUT2D eigenvalue weighted by atomic mass is 19.4. The van der Waals surface area contributed by atoms with Gasteiger partial charge >= 0.3 is 6.18 Å². The maximum Gasteiger partial charge on any atom is 0.416 e. The number of aliphatic hydroxyl groups excluding tert-OH is 1. The molecule has 2 nitrogen and oxygen atoms in total. The fourth-order valence-corrected chi connectivity index (χ4v) is 3.52. The largest absolute Gasteiger partial charge is 0.416 e. The average Bonchev–Trinajstić information content (AvgIpc) is 2.92. The third-order valence-corrected chi connectivity index (χ3v) is 4.58. The molecule has 0 bridgehead atoms. The molecule has 1 N–H and O–H groups in total. The molecule has 1 heterocycles. The Morgan fingerprint density at radius 3 is 2.40 bits per heavy atom. The first-order valence-electron chi connectivity index (χ1n) is 7.00. The number of nitrogens with zero attached hydrogens (tertiary/aromatic N) is 1. The lowest BCUT2D eigenvalue weighted by Gasteiger charge is -2.18.